The first-order valence-corrected chi connectivity index (χ1v) is 9.08. The highest BCUT2D eigenvalue weighted by molar-refractivity contribution is 7.99. The Morgan fingerprint density at radius 1 is 1.25 bits per heavy atom. The Morgan fingerprint density at radius 3 is 2.85 bits per heavy atom. The van der Waals surface area contributed by atoms with Crippen molar-refractivity contribution in [2.45, 2.75) is 44.7 Å². The lowest BCUT2D eigenvalue weighted by Gasteiger charge is -2.22. The van der Waals surface area contributed by atoms with Crippen LogP contribution in [0.5, 0.6) is 0 Å². The number of pyridine rings is 1. The highest BCUT2D eigenvalue weighted by atomic mass is 32.2. The van der Waals surface area contributed by atoms with E-state index >= 15 is 0 Å². The van der Waals surface area contributed by atoms with Crippen LogP contribution in [0.2, 0.25) is 0 Å². The van der Waals surface area contributed by atoms with Crippen LogP contribution in [0.1, 0.15) is 37.7 Å². The van der Waals surface area contributed by atoms with E-state index in [4.69, 9.17) is 0 Å². The van der Waals surface area contributed by atoms with E-state index in [9.17, 15) is 0 Å². The highest BCUT2D eigenvalue weighted by Gasteiger charge is 2.15. The Hall–Kier alpha value is -0.740. The van der Waals surface area contributed by atoms with Crippen molar-refractivity contribution in [1.82, 2.24) is 10.3 Å². The molecule has 0 amide bonds. The lowest BCUT2D eigenvalue weighted by molar-refractivity contribution is 0.557. The Kier molecular flexibility index (Phi) is 5.20. The van der Waals surface area contributed by atoms with Gasteiger partial charge in [0.15, 0.2) is 0 Å². The molecular weight excluding hydrogens is 266 g/mol. The molecule has 1 N–H and O–H groups in total. The molecule has 110 valence electrons. The smallest absolute Gasteiger partial charge is 0.128 e. The number of nitrogens with zero attached hydrogens (tertiary/aromatic N) is 2. The predicted octanol–water partition coefficient (Wildman–Crippen LogP) is 3.06. The summed E-state index contributed by atoms with van der Waals surface area (Å²) in [5, 5.41) is 3.67. The van der Waals surface area contributed by atoms with Gasteiger partial charge >= 0.3 is 0 Å². The largest absolute Gasteiger partial charge is 0.357 e. The van der Waals surface area contributed by atoms with Gasteiger partial charge in [-0.2, -0.15) is 11.8 Å². The molecule has 2 saturated heterocycles. The van der Waals surface area contributed by atoms with Crippen LogP contribution in [0.25, 0.3) is 0 Å². The second-order valence-electron chi connectivity index (χ2n) is 5.86. The maximum atomic E-state index is 4.58. The van der Waals surface area contributed by atoms with Crippen molar-refractivity contribution in [3.8, 4) is 0 Å². The van der Waals surface area contributed by atoms with Crippen LogP contribution in [-0.2, 0) is 6.54 Å². The molecule has 2 aliphatic rings. The van der Waals surface area contributed by atoms with E-state index in [-0.39, 0.29) is 0 Å². The normalized spacial score (nSPS) is 23.8. The van der Waals surface area contributed by atoms with Gasteiger partial charge in [0.2, 0.25) is 0 Å². The fourth-order valence-electron chi connectivity index (χ4n) is 3.00. The van der Waals surface area contributed by atoms with Gasteiger partial charge in [0.25, 0.3) is 0 Å². The molecule has 0 unspecified atom stereocenters. The van der Waals surface area contributed by atoms with Gasteiger partial charge in [-0.15, -0.1) is 0 Å². The molecule has 3 heterocycles. The number of hydrogen-bond acceptors (Lipinski definition) is 4. The molecule has 2 fully saturated rings. The summed E-state index contributed by atoms with van der Waals surface area (Å²) >= 11 is 2.06. The fraction of sp³-hybridized carbons (Fsp3) is 0.688. The van der Waals surface area contributed by atoms with Crippen molar-refractivity contribution in [3.63, 3.8) is 0 Å². The molecule has 2 aliphatic heterocycles. The minimum Gasteiger partial charge on any atom is -0.357 e. The van der Waals surface area contributed by atoms with Gasteiger partial charge < -0.3 is 10.2 Å². The quantitative estimate of drug-likeness (QED) is 0.923. The van der Waals surface area contributed by atoms with E-state index in [0.717, 1.165) is 6.54 Å². The van der Waals surface area contributed by atoms with Crippen LogP contribution in [0.3, 0.4) is 0 Å². The lowest BCUT2D eigenvalue weighted by Crippen LogP contribution is -2.28. The molecule has 1 atom stereocenters. The summed E-state index contributed by atoms with van der Waals surface area (Å²) in [6.45, 7) is 3.32. The molecule has 20 heavy (non-hydrogen) atoms. The van der Waals surface area contributed by atoms with E-state index in [1.54, 1.807) is 0 Å². The van der Waals surface area contributed by atoms with E-state index < -0.39 is 0 Å². The van der Waals surface area contributed by atoms with Gasteiger partial charge in [0.05, 0.1) is 0 Å². The highest BCUT2D eigenvalue weighted by Crippen LogP contribution is 2.20. The average Bonchev–Trinajstić information content (AvgIpc) is 2.86. The van der Waals surface area contributed by atoms with Gasteiger partial charge in [-0.05, 0) is 42.7 Å². The number of thioether (sulfide) groups is 1. The van der Waals surface area contributed by atoms with Crippen molar-refractivity contribution >= 4 is 17.6 Å². The van der Waals surface area contributed by atoms with E-state index in [0.29, 0.717) is 6.04 Å². The third-order valence-electron chi connectivity index (χ3n) is 4.26. The van der Waals surface area contributed by atoms with Crippen LogP contribution in [0, 0.1) is 0 Å². The predicted molar refractivity (Wildman–Crippen MR) is 87.5 cm³/mol. The Balaban J connectivity index is 1.59. The number of anilines is 1. The monoisotopic (exact) mass is 291 g/mol. The first kappa shape index (κ1) is 14.2. The van der Waals surface area contributed by atoms with Crippen molar-refractivity contribution in [1.29, 1.82) is 0 Å². The summed E-state index contributed by atoms with van der Waals surface area (Å²) in [6, 6.07) is 5.13. The lowest BCUT2D eigenvalue weighted by atomic mass is 10.2. The Bertz CT molecular complexity index is 410. The third kappa shape index (κ3) is 3.89. The topological polar surface area (TPSA) is 28.2 Å². The number of aromatic nitrogens is 1. The van der Waals surface area contributed by atoms with Crippen LogP contribution in [-0.4, -0.2) is 35.6 Å². The molecule has 3 rings (SSSR count). The van der Waals surface area contributed by atoms with Crippen molar-refractivity contribution in [2.24, 2.45) is 0 Å². The molecule has 1 aromatic rings. The van der Waals surface area contributed by atoms with Crippen LogP contribution < -0.4 is 10.2 Å². The summed E-state index contributed by atoms with van der Waals surface area (Å²) in [5.74, 6) is 3.75. The molecule has 0 aromatic carbocycles. The van der Waals surface area contributed by atoms with Gasteiger partial charge in [0, 0.05) is 37.6 Å². The minimum atomic E-state index is 0.704. The second-order valence-corrected chi connectivity index (χ2v) is 7.01. The molecular formula is C16H25N3S. The van der Waals surface area contributed by atoms with Crippen LogP contribution in [0.4, 0.5) is 5.82 Å². The van der Waals surface area contributed by atoms with E-state index in [1.165, 1.54) is 68.1 Å². The van der Waals surface area contributed by atoms with Crippen LogP contribution >= 0.6 is 11.8 Å². The van der Waals surface area contributed by atoms with Gasteiger partial charge in [-0.25, -0.2) is 4.98 Å². The first-order valence-electron chi connectivity index (χ1n) is 7.93. The molecule has 1 aromatic heterocycles. The third-order valence-corrected chi connectivity index (χ3v) is 5.43. The number of nitrogens with one attached hydrogen (secondary N) is 1. The number of hydrogen-bond donors (Lipinski definition) is 1. The van der Waals surface area contributed by atoms with Gasteiger partial charge in [0.1, 0.15) is 5.82 Å². The molecule has 0 spiro atoms. The molecule has 0 bridgehead atoms. The zero-order valence-corrected chi connectivity index (χ0v) is 13.0. The second kappa shape index (κ2) is 7.32. The van der Waals surface area contributed by atoms with Gasteiger partial charge in [-0.3, -0.25) is 0 Å². The minimum absolute atomic E-state index is 0.704. The van der Waals surface area contributed by atoms with Gasteiger partial charge in [-0.1, -0.05) is 12.8 Å². The Labute approximate surface area is 126 Å². The molecule has 0 radical (unpaired) electrons. The van der Waals surface area contributed by atoms with Crippen molar-refractivity contribution in [2.75, 3.05) is 29.5 Å². The summed E-state index contributed by atoms with van der Waals surface area (Å²) in [4.78, 5) is 7.04. The summed E-state index contributed by atoms with van der Waals surface area (Å²) in [6.07, 6.45) is 8.65. The average molecular weight is 291 g/mol. The molecule has 4 heteroatoms. The first-order chi connectivity index (χ1) is 9.92. The Morgan fingerprint density at radius 2 is 2.10 bits per heavy atom. The summed E-state index contributed by atoms with van der Waals surface area (Å²) in [5.41, 5.74) is 1.37. The zero-order chi connectivity index (χ0) is 13.6. The fourth-order valence-corrected chi connectivity index (χ4v) is 4.19. The molecule has 0 aliphatic carbocycles. The van der Waals surface area contributed by atoms with Crippen LogP contribution in [0.15, 0.2) is 18.3 Å². The summed E-state index contributed by atoms with van der Waals surface area (Å²) < 4.78 is 0. The summed E-state index contributed by atoms with van der Waals surface area (Å²) in [7, 11) is 0. The van der Waals surface area contributed by atoms with E-state index in [1.807, 2.05) is 6.20 Å². The standard InChI is InChI=1S/C16H25N3S/c1-2-4-9-19(8-3-1)16-11-14(5-7-17-16)12-18-15-6-10-20-13-15/h5,7,11,15,18H,1-4,6,8-10,12-13H2/t15-/m0/s1. The van der Waals surface area contributed by atoms with Crippen molar-refractivity contribution in [3.05, 3.63) is 23.9 Å². The maximum Gasteiger partial charge on any atom is 0.128 e. The molecule has 3 nitrogen and oxygen atoms in total. The van der Waals surface area contributed by atoms with E-state index in [2.05, 4.69) is 39.1 Å². The zero-order valence-electron chi connectivity index (χ0n) is 12.2. The van der Waals surface area contributed by atoms with Crippen molar-refractivity contribution < 1.29 is 0 Å². The maximum absolute atomic E-state index is 4.58. The molecule has 0 saturated carbocycles. The number of rotatable bonds is 4. The SMILES string of the molecule is c1cc(CN[C@H]2CCSC2)cc(N2CCCCCC2)n1.